The number of methoxy groups -OCH3 is 1. The summed E-state index contributed by atoms with van der Waals surface area (Å²) in [4.78, 5) is 0. The van der Waals surface area contributed by atoms with E-state index in [9.17, 15) is 0 Å². The van der Waals surface area contributed by atoms with Crippen molar-refractivity contribution in [1.29, 1.82) is 0 Å². The van der Waals surface area contributed by atoms with Crippen LogP contribution in [0.25, 0.3) is 0 Å². The standard InChI is InChI=1S/C10H15NO/c1-7-4-9(6-11)8(2)10(5-7)12-3/h4-5H,6,11H2,1-3H3. The third kappa shape index (κ3) is 1.59. The molecule has 0 aliphatic heterocycles. The molecule has 0 bridgehead atoms. The Morgan fingerprint density at radius 2 is 2.00 bits per heavy atom. The van der Waals surface area contributed by atoms with Crippen molar-refractivity contribution in [2.24, 2.45) is 5.73 Å². The SMILES string of the molecule is COc1cc(C)cc(CN)c1C. The van der Waals surface area contributed by atoms with Crippen molar-refractivity contribution in [3.63, 3.8) is 0 Å². The lowest BCUT2D eigenvalue weighted by Crippen LogP contribution is -2.01. The molecule has 2 heteroatoms. The smallest absolute Gasteiger partial charge is 0.122 e. The molecule has 0 unspecified atom stereocenters. The van der Waals surface area contributed by atoms with Crippen LogP contribution < -0.4 is 10.5 Å². The van der Waals surface area contributed by atoms with Crippen LogP contribution in [0.4, 0.5) is 0 Å². The summed E-state index contributed by atoms with van der Waals surface area (Å²) in [6, 6.07) is 4.12. The summed E-state index contributed by atoms with van der Waals surface area (Å²) in [6.45, 7) is 4.64. The van der Waals surface area contributed by atoms with Crippen molar-refractivity contribution in [3.05, 3.63) is 28.8 Å². The number of ether oxygens (including phenoxy) is 1. The average Bonchev–Trinajstić information content (AvgIpc) is 2.08. The summed E-state index contributed by atoms with van der Waals surface area (Å²) in [5.41, 5.74) is 9.08. The van der Waals surface area contributed by atoms with E-state index in [0.29, 0.717) is 6.54 Å². The first-order valence-electron chi connectivity index (χ1n) is 4.03. The maximum Gasteiger partial charge on any atom is 0.122 e. The van der Waals surface area contributed by atoms with Gasteiger partial charge < -0.3 is 10.5 Å². The quantitative estimate of drug-likeness (QED) is 0.724. The summed E-state index contributed by atoms with van der Waals surface area (Å²) < 4.78 is 5.21. The molecule has 0 spiro atoms. The number of nitrogens with two attached hydrogens (primary N) is 1. The van der Waals surface area contributed by atoms with Crippen LogP contribution in [0.2, 0.25) is 0 Å². The van der Waals surface area contributed by atoms with Crippen molar-refractivity contribution in [2.45, 2.75) is 20.4 Å². The topological polar surface area (TPSA) is 35.2 Å². The summed E-state index contributed by atoms with van der Waals surface area (Å²) in [7, 11) is 1.68. The van der Waals surface area contributed by atoms with E-state index in [1.54, 1.807) is 7.11 Å². The molecule has 66 valence electrons. The van der Waals surface area contributed by atoms with Gasteiger partial charge in [0.2, 0.25) is 0 Å². The molecule has 0 atom stereocenters. The minimum atomic E-state index is 0.573. The zero-order chi connectivity index (χ0) is 9.14. The van der Waals surface area contributed by atoms with Crippen LogP contribution in [0, 0.1) is 13.8 Å². The number of benzene rings is 1. The Hall–Kier alpha value is -1.02. The van der Waals surface area contributed by atoms with Gasteiger partial charge in [-0.15, -0.1) is 0 Å². The number of rotatable bonds is 2. The van der Waals surface area contributed by atoms with Gasteiger partial charge in [0.25, 0.3) is 0 Å². The molecule has 0 saturated carbocycles. The van der Waals surface area contributed by atoms with Gasteiger partial charge >= 0.3 is 0 Å². The minimum absolute atomic E-state index is 0.573. The molecule has 0 aromatic heterocycles. The highest BCUT2D eigenvalue weighted by Crippen LogP contribution is 2.22. The number of hydrogen-bond acceptors (Lipinski definition) is 2. The van der Waals surface area contributed by atoms with Crippen LogP contribution in [0.3, 0.4) is 0 Å². The predicted octanol–water partition coefficient (Wildman–Crippen LogP) is 1.77. The van der Waals surface area contributed by atoms with Crippen LogP contribution >= 0.6 is 0 Å². The molecule has 2 nitrogen and oxygen atoms in total. The average molecular weight is 165 g/mol. The summed E-state index contributed by atoms with van der Waals surface area (Å²) in [5, 5.41) is 0. The first-order valence-corrected chi connectivity index (χ1v) is 4.03. The summed E-state index contributed by atoms with van der Waals surface area (Å²) in [5.74, 6) is 0.926. The molecule has 0 aliphatic carbocycles. The first-order chi connectivity index (χ1) is 5.69. The molecular formula is C10H15NO. The van der Waals surface area contributed by atoms with Crippen molar-refractivity contribution in [2.75, 3.05) is 7.11 Å². The third-order valence-electron chi connectivity index (χ3n) is 2.05. The van der Waals surface area contributed by atoms with E-state index in [1.165, 1.54) is 5.56 Å². The molecule has 0 radical (unpaired) electrons. The van der Waals surface area contributed by atoms with Gasteiger partial charge in [0.1, 0.15) is 5.75 Å². The summed E-state index contributed by atoms with van der Waals surface area (Å²) >= 11 is 0. The van der Waals surface area contributed by atoms with Crippen LogP contribution in [0.5, 0.6) is 5.75 Å². The highest BCUT2D eigenvalue weighted by molar-refractivity contribution is 5.42. The zero-order valence-electron chi connectivity index (χ0n) is 7.85. The van der Waals surface area contributed by atoms with Crippen LogP contribution in [0.1, 0.15) is 16.7 Å². The molecule has 1 aromatic carbocycles. The van der Waals surface area contributed by atoms with Gasteiger partial charge in [-0.2, -0.15) is 0 Å². The van der Waals surface area contributed by atoms with E-state index in [1.807, 2.05) is 19.9 Å². The molecular weight excluding hydrogens is 150 g/mol. The highest BCUT2D eigenvalue weighted by Gasteiger charge is 2.03. The number of aryl methyl sites for hydroxylation is 1. The Kier molecular flexibility index (Phi) is 2.71. The molecule has 0 amide bonds. The molecule has 1 rings (SSSR count). The monoisotopic (exact) mass is 165 g/mol. The first kappa shape index (κ1) is 9.07. The van der Waals surface area contributed by atoms with Gasteiger partial charge in [-0.25, -0.2) is 0 Å². The second-order valence-electron chi connectivity index (χ2n) is 2.96. The van der Waals surface area contributed by atoms with Crippen LogP contribution in [-0.4, -0.2) is 7.11 Å². The van der Waals surface area contributed by atoms with E-state index in [4.69, 9.17) is 10.5 Å². The second kappa shape index (κ2) is 3.59. The van der Waals surface area contributed by atoms with E-state index < -0.39 is 0 Å². The van der Waals surface area contributed by atoms with Crippen molar-refractivity contribution in [3.8, 4) is 5.75 Å². The Balaban J connectivity index is 3.22. The third-order valence-corrected chi connectivity index (χ3v) is 2.05. The highest BCUT2D eigenvalue weighted by atomic mass is 16.5. The van der Waals surface area contributed by atoms with E-state index in [2.05, 4.69) is 6.07 Å². The molecule has 0 heterocycles. The fourth-order valence-corrected chi connectivity index (χ4v) is 1.32. The Morgan fingerprint density at radius 1 is 1.33 bits per heavy atom. The van der Waals surface area contributed by atoms with Crippen molar-refractivity contribution in [1.82, 2.24) is 0 Å². The fourth-order valence-electron chi connectivity index (χ4n) is 1.32. The normalized spacial score (nSPS) is 10.0. The Labute approximate surface area is 73.3 Å². The van der Waals surface area contributed by atoms with Crippen molar-refractivity contribution >= 4 is 0 Å². The maximum absolute atomic E-state index is 5.59. The van der Waals surface area contributed by atoms with Gasteiger partial charge in [0.05, 0.1) is 7.11 Å². The predicted molar refractivity (Wildman–Crippen MR) is 50.4 cm³/mol. The van der Waals surface area contributed by atoms with Crippen molar-refractivity contribution < 1.29 is 4.74 Å². The van der Waals surface area contributed by atoms with Crippen LogP contribution in [0.15, 0.2) is 12.1 Å². The van der Waals surface area contributed by atoms with E-state index in [-0.39, 0.29) is 0 Å². The molecule has 0 saturated heterocycles. The second-order valence-corrected chi connectivity index (χ2v) is 2.96. The molecule has 0 aliphatic rings. The van der Waals surface area contributed by atoms with E-state index >= 15 is 0 Å². The van der Waals surface area contributed by atoms with Gasteiger partial charge in [0, 0.05) is 6.54 Å². The van der Waals surface area contributed by atoms with Gasteiger partial charge in [-0.3, -0.25) is 0 Å². The maximum atomic E-state index is 5.59. The lowest BCUT2D eigenvalue weighted by atomic mass is 10.0. The lowest BCUT2D eigenvalue weighted by molar-refractivity contribution is 0.410. The van der Waals surface area contributed by atoms with Gasteiger partial charge in [0.15, 0.2) is 0 Å². The Morgan fingerprint density at radius 3 is 2.50 bits per heavy atom. The van der Waals surface area contributed by atoms with E-state index in [0.717, 1.165) is 16.9 Å². The fraction of sp³-hybridized carbons (Fsp3) is 0.400. The van der Waals surface area contributed by atoms with Gasteiger partial charge in [-0.05, 0) is 36.6 Å². The minimum Gasteiger partial charge on any atom is -0.496 e. The molecule has 0 fully saturated rings. The van der Waals surface area contributed by atoms with Gasteiger partial charge in [-0.1, -0.05) is 6.07 Å². The summed E-state index contributed by atoms with van der Waals surface area (Å²) in [6.07, 6.45) is 0. The molecule has 12 heavy (non-hydrogen) atoms. The largest absolute Gasteiger partial charge is 0.496 e. The molecule has 1 aromatic rings. The van der Waals surface area contributed by atoms with Crippen LogP contribution in [-0.2, 0) is 6.54 Å². The zero-order valence-corrected chi connectivity index (χ0v) is 7.85. The lowest BCUT2D eigenvalue weighted by Gasteiger charge is -2.10. The molecule has 2 N–H and O–H groups in total. The number of hydrogen-bond donors (Lipinski definition) is 1. The Bertz CT molecular complexity index is 256.